The molecular formula is C18H14BrNO. The minimum absolute atomic E-state index is 0.00977. The Morgan fingerprint density at radius 1 is 0.952 bits per heavy atom. The van der Waals surface area contributed by atoms with Gasteiger partial charge >= 0.3 is 0 Å². The molecule has 0 spiro atoms. The molecule has 0 aliphatic heterocycles. The van der Waals surface area contributed by atoms with Gasteiger partial charge in [0.05, 0.1) is 6.42 Å². The first-order valence-corrected chi connectivity index (χ1v) is 7.54. The smallest absolute Gasteiger partial charge is 0.228 e. The van der Waals surface area contributed by atoms with Gasteiger partial charge in [0.1, 0.15) is 0 Å². The molecule has 0 aliphatic rings. The van der Waals surface area contributed by atoms with Gasteiger partial charge in [0.15, 0.2) is 0 Å². The predicted octanol–water partition coefficient (Wildman–Crippen LogP) is 4.78. The van der Waals surface area contributed by atoms with Gasteiger partial charge in [-0.15, -0.1) is 0 Å². The quantitative estimate of drug-likeness (QED) is 0.730. The van der Waals surface area contributed by atoms with Crippen molar-refractivity contribution in [2.24, 2.45) is 0 Å². The highest BCUT2D eigenvalue weighted by Gasteiger charge is 2.07. The molecule has 0 aliphatic carbocycles. The molecule has 1 N–H and O–H groups in total. The Kier molecular flexibility index (Phi) is 4.02. The summed E-state index contributed by atoms with van der Waals surface area (Å²) in [7, 11) is 0. The number of nitrogens with one attached hydrogen (secondary N) is 1. The number of halogens is 1. The van der Waals surface area contributed by atoms with Crippen LogP contribution in [0.5, 0.6) is 0 Å². The molecule has 0 radical (unpaired) electrons. The topological polar surface area (TPSA) is 29.1 Å². The molecule has 0 saturated heterocycles. The molecule has 0 unspecified atom stereocenters. The van der Waals surface area contributed by atoms with Gasteiger partial charge in [0.25, 0.3) is 0 Å². The van der Waals surface area contributed by atoms with E-state index < -0.39 is 0 Å². The Labute approximate surface area is 131 Å². The third-order valence-corrected chi connectivity index (χ3v) is 3.81. The monoisotopic (exact) mass is 339 g/mol. The zero-order chi connectivity index (χ0) is 14.7. The molecule has 1 amide bonds. The Hall–Kier alpha value is -2.13. The van der Waals surface area contributed by atoms with Crippen molar-refractivity contribution < 1.29 is 4.79 Å². The summed E-state index contributed by atoms with van der Waals surface area (Å²) >= 11 is 3.42. The molecule has 2 nitrogen and oxygen atoms in total. The zero-order valence-corrected chi connectivity index (χ0v) is 12.9. The van der Waals surface area contributed by atoms with Crippen molar-refractivity contribution in [3.05, 3.63) is 76.8 Å². The van der Waals surface area contributed by atoms with E-state index in [4.69, 9.17) is 0 Å². The Morgan fingerprint density at radius 3 is 2.57 bits per heavy atom. The first-order valence-electron chi connectivity index (χ1n) is 6.74. The summed E-state index contributed by atoms with van der Waals surface area (Å²) in [5.41, 5.74) is 1.84. The summed E-state index contributed by atoms with van der Waals surface area (Å²) in [6, 6.07) is 21.8. The number of carbonyl (C=O) groups excluding carboxylic acids is 1. The highest BCUT2D eigenvalue weighted by molar-refractivity contribution is 9.10. The van der Waals surface area contributed by atoms with Crippen LogP contribution in [0.25, 0.3) is 10.8 Å². The van der Waals surface area contributed by atoms with E-state index in [0.29, 0.717) is 6.42 Å². The van der Waals surface area contributed by atoms with Gasteiger partial charge in [0, 0.05) is 15.5 Å². The van der Waals surface area contributed by atoms with Crippen LogP contribution < -0.4 is 5.32 Å². The maximum absolute atomic E-state index is 12.2. The highest BCUT2D eigenvalue weighted by atomic mass is 79.9. The van der Waals surface area contributed by atoms with Crippen LogP contribution in [0, 0.1) is 0 Å². The predicted molar refractivity (Wildman–Crippen MR) is 90.4 cm³/mol. The van der Waals surface area contributed by atoms with Crippen molar-refractivity contribution in [2.45, 2.75) is 6.42 Å². The summed E-state index contributed by atoms with van der Waals surface area (Å²) in [5.74, 6) is -0.00977. The summed E-state index contributed by atoms with van der Waals surface area (Å²) in [6.07, 6.45) is 0.364. The van der Waals surface area contributed by atoms with Crippen LogP contribution in [0.15, 0.2) is 71.2 Å². The summed E-state index contributed by atoms with van der Waals surface area (Å²) in [5, 5.41) is 5.18. The largest absolute Gasteiger partial charge is 0.325 e. The van der Waals surface area contributed by atoms with Crippen molar-refractivity contribution in [2.75, 3.05) is 5.32 Å². The number of hydrogen-bond acceptors (Lipinski definition) is 1. The molecule has 21 heavy (non-hydrogen) atoms. The second-order valence-corrected chi connectivity index (χ2v) is 5.80. The number of amides is 1. The highest BCUT2D eigenvalue weighted by Crippen LogP contribution is 2.23. The molecule has 0 fully saturated rings. The molecule has 0 aromatic heterocycles. The van der Waals surface area contributed by atoms with E-state index >= 15 is 0 Å². The van der Waals surface area contributed by atoms with E-state index in [-0.39, 0.29) is 5.91 Å². The van der Waals surface area contributed by atoms with E-state index in [9.17, 15) is 4.79 Å². The van der Waals surface area contributed by atoms with E-state index in [1.807, 2.05) is 66.7 Å². The van der Waals surface area contributed by atoms with E-state index in [2.05, 4.69) is 21.2 Å². The first kappa shape index (κ1) is 13.8. The first-order chi connectivity index (χ1) is 10.2. The molecule has 3 aromatic rings. The molecule has 3 heteroatoms. The maximum Gasteiger partial charge on any atom is 0.228 e. The Morgan fingerprint density at radius 2 is 1.71 bits per heavy atom. The molecule has 0 saturated carbocycles. The summed E-state index contributed by atoms with van der Waals surface area (Å²) in [6.45, 7) is 0. The standard InChI is InChI=1S/C18H14BrNO/c19-15-8-3-5-13(11-15)12-18(21)20-17-10-4-7-14-6-1-2-9-16(14)17/h1-11H,12H2,(H,20,21). The van der Waals surface area contributed by atoms with Crippen LogP contribution in [0.2, 0.25) is 0 Å². The van der Waals surface area contributed by atoms with Gasteiger partial charge in [-0.1, -0.05) is 64.5 Å². The zero-order valence-electron chi connectivity index (χ0n) is 11.3. The Balaban J connectivity index is 1.80. The van der Waals surface area contributed by atoms with Crippen LogP contribution in [0.3, 0.4) is 0 Å². The lowest BCUT2D eigenvalue weighted by molar-refractivity contribution is -0.115. The average molecular weight is 340 g/mol. The molecule has 104 valence electrons. The fraction of sp³-hybridized carbons (Fsp3) is 0.0556. The van der Waals surface area contributed by atoms with Gasteiger partial charge in [-0.3, -0.25) is 4.79 Å². The minimum atomic E-state index is -0.00977. The second kappa shape index (κ2) is 6.10. The van der Waals surface area contributed by atoms with E-state index in [0.717, 1.165) is 26.5 Å². The number of rotatable bonds is 3. The van der Waals surface area contributed by atoms with Crippen molar-refractivity contribution in [3.8, 4) is 0 Å². The Bertz CT molecular complexity index is 793. The van der Waals surface area contributed by atoms with Crippen LogP contribution in [-0.4, -0.2) is 5.91 Å². The van der Waals surface area contributed by atoms with Gasteiger partial charge in [-0.05, 0) is 29.1 Å². The lowest BCUT2D eigenvalue weighted by atomic mass is 10.1. The van der Waals surface area contributed by atoms with Crippen LogP contribution in [-0.2, 0) is 11.2 Å². The molecule has 0 bridgehead atoms. The summed E-state index contributed by atoms with van der Waals surface area (Å²) in [4.78, 5) is 12.2. The van der Waals surface area contributed by atoms with E-state index in [1.54, 1.807) is 0 Å². The third-order valence-electron chi connectivity index (χ3n) is 3.32. The third kappa shape index (κ3) is 3.31. The van der Waals surface area contributed by atoms with Crippen molar-refractivity contribution >= 4 is 38.3 Å². The molecule has 3 aromatic carbocycles. The number of carbonyl (C=O) groups is 1. The van der Waals surface area contributed by atoms with Crippen molar-refractivity contribution in [1.29, 1.82) is 0 Å². The average Bonchev–Trinajstić information content (AvgIpc) is 2.47. The van der Waals surface area contributed by atoms with Crippen LogP contribution in [0.4, 0.5) is 5.69 Å². The second-order valence-electron chi connectivity index (χ2n) is 4.88. The summed E-state index contributed by atoms with van der Waals surface area (Å²) < 4.78 is 0.984. The number of hydrogen-bond donors (Lipinski definition) is 1. The van der Waals surface area contributed by atoms with Gasteiger partial charge in [0.2, 0.25) is 5.91 Å². The van der Waals surface area contributed by atoms with Crippen LogP contribution in [0.1, 0.15) is 5.56 Å². The number of benzene rings is 3. The fourth-order valence-corrected chi connectivity index (χ4v) is 2.81. The molecule has 3 rings (SSSR count). The van der Waals surface area contributed by atoms with Crippen molar-refractivity contribution in [3.63, 3.8) is 0 Å². The molecule has 0 heterocycles. The maximum atomic E-state index is 12.2. The van der Waals surface area contributed by atoms with Gasteiger partial charge < -0.3 is 5.32 Å². The molecular weight excluding hydrogens is 326 g/mol. The normalized spacial score (nSPS) is 10.5. The van der Waals surface area contributed by atoms with Crippen LogP contribution >= 0.6 is 15.9 Å². The number of fused-ring (bicyclic) bond motifs is 1. The van der Waals surface area contributed by atoms with E-state index in [1.165, 1.54) is 0 Å². The van der Waals surface area contributed by atoms with Gasteiger partial charge in [-0.2, -0.15) is 0 Å². The molecule has 0 atom stereocenters. The lowest BCUT2D eigenvalue weighted by Gasteiger charge is -2.09. The SMILES string of the molecule is O=C(Cc1cccc(Br)c1)Nc1cccc2ccccc12. The fourth-order valence-electron chi connectivity index (χ4n) is 2.36. The lowest BCUT2D eigenvalue weighted by Crippen LogP contribution is -2.14. The van der Waals surface area contributed by atoms with Gasteiger partial charge in [-0.25, -0.2) is 0 Å². The van der Waals surface area contributed by atoms with Crippen molar-refractivity contribution in [1.82, 2.24) is 0 Å². The number of anilines is 1. The minimum Gasteiger partial charge on any atom is -0.325 e.